The molecule has 2 heterocycles. The maximum atomic E-state index is 13.1. The van der Waals surface area contributed by atoms with Crippen LogP contribution < -0.4 is 10.2 Å². The summed E-state index contributed by atoms with van der Waals surface area (Å²) in [6, 6.07) is 9.58. The molecule has 0 bridgehead atoms. The van der Waals surface area contributed by atoms with Crippen LogP contribution in [0.25, 0.3) is 0 Å². The van der Waals surface area contributed by atoms with E-state index in [-0.39, 0.29) is 48.6 Å². The van der Waals surface area contributed by atoms with Crippen molar-refractivity contribution in [2.24, 2.45) is 0 Å². The lowest BCUT2D eigenvalue weighted by molar-refractivity contribution is -0.125. The topological polar surface area (TPSA) is 96.0 Å². The van der Waals surface area contributed by atoms with Crippen LogP contribution in [0.1, 0.15) is 18.1 Å². The summed E-state index contributed by atoms with van der Waals surface area (Å²) < 4.78 is 45.7. The number of halogens is 1. The molecule has 2 aliphatic heterocycles. The Morgan fingerprint density at radius 3 is 2.47 bits per heavy atom. The molecule has 170 valence electrons. The summed E-state index contributed by atoms with van der Waals surface area (Å²) in [6.45, 7) is 2.82. The van der Waals surface area contributed by atoms with Crippen LogP contribution in [0, 0.1) is 5.82 Å². The summed E-state index contributed by atoms with van der Waals surface area (Å²) in [6.07, 6.45) is 0.205. The Morgan fingerprint density at radius 1 is 1.12 bits per heavy atom. The monoisotopic (exact) mass is 461 g/mol. The molecular formula is C22H24FN3O5S. The Bertz CT molecular complexity index is 1130. The van der Waals surface area contributed by atoms with Gasteiger partial charge in [0.15, 0.2) is 0 Å². The predicted octanol–water partition coefficient (Wildman–Crippen LogP) is 1.44. The van der Waals surface area contributed by atoms with E-state index in [1.54, 1.807) is 24.3 Å². The molecule has 0 unspecified atom stereocenters. The lowest BCUT2D eigenvalue weighted by Crippen LogP contribution is -2.47. The molecule has 8 nitrogen and oxygen atoms in total. The second kappa shape index (κ2) is 8.97. The van der Waals surface area contributed by atoms with Gasteiger partial charge in [0.05, 0.1) is 18.1 Å². The first-order chi connectivity index (χ1) is 15.3. The Labute approximate surface area is 186 Å². The second-order valence-electron chi connectivity index (χ2n) is 7.76. The molecule has 0 aliphatic carbocycles. The molecule has 1 saturated heterocycles. The number of morpholine rings is 1. The standard InChI is InChI=1S/C22H24FN3O5S/c1-15(27)26-20-7-6-19(32(29,30)25-8-10-31-11-9-25)12-17(20)13-21(26)22(28)24-14-16-2-4-18(23)5-3-16/h2-7,12,21H,8-11,13-14H2,1H3,(H,24,28)/t21-/m0/s1. The molecule has 10 heteroatoms. The van der Waals surface area contributed by atoms with Gasteiger partial charge in [-0.1, -0.05) is 12.1 Å². The molecule has 0 radical (unpaired) electrons. The van der Waals surface area contributed by atoms with Crippen LogP contribution in [-0.2, 0) is 37.3 Å². The predicted molar refractivity (Wildman–Crippen MR) is 115 cm³/mol. The molecule has 2 amide bonds. The maximum absolute atomic E-state index is 13.1. The van der Waals surface area contributed by atoms with Gasteiger partial charge in [0.2, 0.25) is 21.8 Å². The zero-order chi connectivity index (χ0) is 22.9. The number of amides is 2. The lowest BCUT2D eigenvalue weighted by Gasteiger charge is -2.26. The van der Waals surface area contributed by atoms with Gasteiger partial charge in [-0.15, -0.1) is 0 Å². The third-order valence-corrected chi connectivity index (χ3v) is 7.56. The zero-order valence-electron chi connectivity index (χ0n) is 17.6. The fourth-order valence-corrected chi connectivity index (χ4v) is 5.49. The largest absolute Gasteiger partial charge is 0.379 e. The molecule has 0 spiro atoms. The van der Waals surface area contributed by atoms with E-state index >= 15 is 0 Å². The van der Waals surface area contributed by atoms with Crippen molar-refractivity contribution >= 4 is 27.5 Å². The highest BCUT2D eigenvalue weighted by Gasteiger charge is 2.38. The van der Waals surface area contributed by atoms with Crippen molar-refractivity contribution < 1.29 is 27.1 Å². The molecular weight excluding hydrogens is 437 g/mol. The summed E-state index contributed by atoms with van der Waals surface area (Å²) in [5.74, 6) is -1.04. The molecule has 32 heavy (non-hydrogen) atoms. The van der Waals surface area contributed by atoms with Gasteiger partial charge in [-0.3, -0.25) is 14.5 Å². The number of sulfonamides is 1. The molecule has 1 atom stereocenters. The van der Waals surface area contributed by atoms with Crippen molar-refractivity contribution in [3.63, 3.8) is 0 Å². The van der Waals surface area contributed by atoms with E-state index in [2.05, 4.69) is 5.32 Å². The van der Waals surface area contributed by atoms with E-state index in [9.17, 15) is 22.4 Å². The minimum Gasteiger partial charge on any atom is -0.379 e. The number of carbonyl (C=O) groups is 2. The van der Waals surface area contributed by atoms with Crippen molar-refractivity contribution in [3.05, 3.63) is 59.4 Å². The number of hydrogen-bond donors (Lipinski definition) is 1. The van der Waals surface area contributed by atoms with Crippen LogP contribution >= 0.6 is 0 Å². The first-order valence-corrected chi connectivity index (χ1v) is 11.7. The van der Waals surface area contributed by atoms with Gasteiger partial charge in [0.25, 0.3) is 0 Å². The van der Waals surface area contributed by atoms with Gasteiger partial charge >= 0.3 is 0 Å². The van der Waals surface area contributed by atoms with Gasteiger partial charge in [-0.25, -0.2) is 12.8 Å². The highest BCUT2D eigenvalue weighted by atomic mass is 32.2. The molecule has 2 aromatic rings. The maximum Gasteiger partial charge on any atom is 0.243 e. The van der Waals surface area contributed by atoms with Crippen molar-refractivity contribution in [2.75, 3.05) is 31.2 Å². The number of fused-ring (bicyclic) bond motifs is 1. The Morgan fingerprint density at radius 2 is 1.81 bits per heavy atom. The van der Waals surface area contributed by atoms with E-state index < -0.39 is 16.1 Å². The van der Waals surface area contributed by atoms with Crippen molar-refractivity contribution in [1.29, 1.82) is 0 Å². The van der Waals surface area contributed by atoms with Gasteiger partial charge in [0.1, 0.15) is 11.9 Å². The minimum absolute atomic E-state index is 0.133. The third-order valence-electron chi connectivity index (χ3n) is 5.67. The van der Waals surface area contributed by atoms with Gasteiger partial charge in [-0.05, 0) is 41.5 Å². The van der Waals surface area contributed by atoms with E-state index in [1.807, 2.05) is 0 Å². The van der Waals surface area contributed by atoms with E-state index in [4.69, 9.17) is 4.74 Å². The molecule has 1 N–H and O–H groups in total. The molecule has 0 saturated carbocycles. The number of benzene rings is 2. The molecule has 2 aromatic carbocycles. The van der Waals surface area contributed by atoms with Crippen LogP contribution in [0.3, 0.4) is 0 Å². The van der Waals surface area contributed by atoms with Crippen LogP contribution in [0.15, 0.2) is 47.4 Å². The fourth-order valence-electron chi connectivity index (χ4n) is 4.03. The summed E-state index contributed by atoms with van der Waals surface area (Å²) in [4.78, 5) is 26.7. The van der Waals surface area contributed by atoms with Crippen molar-refractivity contribution in [3.8, 4) is 0 Å². The quantitative estimate of drug-likeness (QED) is 0.727. The summed E-state index contributed by atoms with van der Waals surface area (Å²) in [7, 11) is -3.69. The number of hydrogen-bond acceptors (Lipinski definition) is 5. The lowest BCUT2D eigenvalue weighted by atomic mass is 10.1. The third kappa shape index (κ3) is 4.38. The zero-order valence-corrected chi connectivity index (χ0v) is 18.4. The molecule has 1 fully saturated rings. The first-order valence-electron chi connectivity index (χ1n) is 10.3. The second-order valence-corrected chi connectivity index (χ2v) is 9.70. The number of anilines is 1. The number of nitrogens with zero attached hydrogens (tertiary/aromatic N) is 2. The minimum atomic E-state index is -3.69. The summed E-state index contributed by atoms with van der Waals surface area (Å²) in [5, 5.41) is 2.78. The normalized spacial score (nSPS) is 18.9. The summed E-state index contributed by atoms with van der Waals surface area (Å²) >= 11 is 0. The molecule has 4 rings (SSSR count). The first kappa shape index (κ1) is 22.4. The number of carbonyl (C=O) groups excluding carboxylic acids is 2. The Balaban J connectivity index is 1.54. The van der Waals surface area contributed by atoms with Gasteiger partial charge in [-0.2, -0.15) is 4.31 Å². The van der Waals surface area contributed by atoms with E-state index in [1.165, 1.54) is 34.3 Å². The molecule has 0 aromatic heterocycles. The molecule has 2 aliphatic rings. The number of rotatable bonds is 5. The van der Waals surface area contributed by atoms with Crippen LogP contribution in [0.4, 0.5) is 10.1 Å². The highest BCUT2D eigenvalue weighted by Crippen LogP contribution is 2.35. The fraction of sp³-hybridized carbons (Fsp3) is 0.364. The van der Waals surface area contributed by atoms with Crippen molar-refractivity contribution in [1.82, 2.24) is 9.62 Å². The number of ether oxygens (including phenoxy) is 1. The summed E-state index contributed by atoms with van der Waals surface area (Å²) in [5.41, 5.74) is 1.88. The van der Waals surface area contributed by atoms with Crippen LogP contribution in [-0.4, -0.2) is 56.9 Å². The smallest absolute Gasteiger partial charge is 0.243 e. The van der Waals surface area contributed by atoms with Crippen molar-refractivity contribution in [2.45, 2.75) is 30.8 Å². The van der Waals surface area contributed by atoms with Crippen LogP contribution in [0.2, 0.25) is 0 Å². The van der Waals surface area contributed by atoms with E-state index in [0.717, 1.165) is 5.56 Å². The Hall–Kier alpha value is -2.82. The van der Waals surface area contributed by atoms with Crippen LogP contribution in [0.5, 0.6) is 0 Å². The van der Waals surface area contributed by atoms with Gasteiger partial charge < -0.3 is 10.1 Å². The van der Waals surface area contributed by atoms with Gasteiger partial charge in [0, 0.05) is 38.7 Å². The SMILES string of the molecule is CC(=O)N1c2ccc(S(=O)(=O)N3CCOCC3)cc2C[C@H]1C(=O)NCc1ccc(F)cc1. The highest BCUT2D eigenvalue weighted by molar-refractivity contribution is 7.89. The number of nitrogens with one attached hydrogen (secondary N) is 1. The Kier molecular flexibility index (Phi) is 6.27. The van der Waals surface area contributed by atoms with E-state index in [0.29, 0.717) is 24.5 Å². The average Bonchev–Trinajstić information content (AvgIpc) is 3.18. The average molecular weight is 462 g/mol.